The van der Waals surface area contributed by atoms with Crippen LogP contribution >= 0.6 is 0 Å². The number of sulfonamides is 1. The normalized spacial score (nSPS) is 30.3. The van der Waals surface area contributed by atoms with Crippen molar-refractivity contribution in [1.82, 2.24) is 9.62 Å². The Morgan fingerprint density at radius 1 is 1.11 bits per heavy atom. The molecule has 2 heterocycles. The minimum atomic E-state index is -3.09. The van der Waals surface area contributed by atoms with E-state index in [2.05, 4.69) is 5.32 Å². The Bertz CT molecular complexity index is 507. The van der Waals surface area contributed by atoms with Crippen molar-refractivity contribution in [2.24, 2.45) is 0 Å². The van der Waals surface area contributed by atoms with Crippen molar-refractivity contribution in [3.63, 3.8) is 0 Å². The fourth-order valence-corrected chi connectivity index (χ4v) is 5.36. The van der Waals surface area contributed by atoms with Crippen LogP contribution in [0.15, 0.2) is 0 Å². The fraction of sp³-hybridized carbons (Fsp3) is 1.00. The van der Waals surface area contributed by atoms with Gasteiger partial charge in [-0.05, 0) is 25.7 Å². The number of hydrogen-bond donors (Lipinski definition) is 1. The van der Waals surface area contributed by atoms with E-state index in [0.29, 0.717) is 18.8 Å². The number of hydrogen-bond acceptors (Lipinski definition) is 5. The first-order valence-corrected chi connectivity index (χ1v) is 10.3. The van der Waals surface area contributed by atoms with Crippen molar-refractivity contribution in [3.05, 3.63) is 0 Å². The van der Waals surface area contributed by atoms with Crippen molar-refractivity contribution in [3.8, 4) is 0 Å². The molecule has 2 fully saturated rings. The topological polar surface area (TPSA) is 83.6 Å². The second-order valence-corrected chi connectivity index (χ2v) is 9.77. The Morgan fingerprint density at radius 3 is 2.26 bits per heavy atom. The van der Waals surface area contributed by atoms with Gasteiger partial charge in [-0.1, -0.05) is 0 Å². The summed E-state index contributed by atoms with van der Waals surface area (Å²) in [6, 6.07) is 0.268. The summed E-state index contributed by atoms with van der Waals surface area (Å²) in [5, 5.41) is 3.38. The highest BCUT2D eigenvalue weighted by Gasteiger charge is 2.29. The molecule has 0 spiro atoms. The van der Waals surface area contributed by atoms with Crippen molar-refractivity contribution in [2.75, 3.05) is 30.9 Å². The fourth-order valence-electron chi connectivity index (χ4n) is 2.84. The summed E-state index contributed by atoms with van der Waals surface area (Å²) >= 11 is 0. The Hall–Kier alpha value is -0.180. The summed E-state index contributed by atoms with van der Waals surface area (Å²) in [7, 11) is -5.98. The smallest absolute Gasteiger partial charge is 0.211 e. The minimum Gasteiger partial charge on any atom is -0.310 e. The maximum absolute atomic E-state index is 11.6. The van der Waals surface area contributed by atoms with Crippen LogP contribution in [0.2, 0.25) is 0 Å². The molecule has 0 radical (unpaired) electrons. The van der Waals surface area contributed by atoms with Crippen molar-refractivity contribution < 1.29 is 16.8 Å². The first-order valence-electron chi connectivity index (χ1n) is 6.68. The van der Waals surface area contributed by atoms with E-state index in [1.165, 1.54) is 10.6 Å². The van der Waals surface area contributed by atoms with Gasteiger partial charge in [-0.15, -0.1) is 0 Å². The SMILES string of the molecule is CS(=O)(=O)N1CCC(NC2CCCS(=O)(=O)C2)CC1. The molecule has 2 aliphatic rings. The highest BCUT2D eigenvalue weighted by Crippen LogP contribution is 2.17. The molecule has 6 nitrogen and oxygen atoms in total. The number of nitrogens with zero attached hydrogens (tertiary/aromatic N) is 1. The highest BCUT2D eigenvalue weighted by atomic mass is 32.2. The predicted octanol–water partition coefficient (Wildman–Crippen LogP) is -0.423. The van der Waals surface area contributed by atoms with Crippen LogP contribution in [0.3, 0.4) is 0 Å². The number of rotatable bonds is 3. The summed E-state index contributed by atoms with van der Waals surface area (Å²) in [5.41, 5.74) is 0. The average Bonchev–Trinajstić information content (AvgIpc) is 2.27. The molecule has 2 saturated heterocycles. The van der Waals surface area contributed by atoms with Crippen LogP contribution in [0.5, 0.6) is 0 Å². The summed E-state index contributed by atoms with van der Waals surface area (Å²) in [6.07, 6.45) is 4.36. The number of sulfone groups is 1. The molecule has 112 valence electrons. The molecular formula is C11H22N2O4S2. The minimum absolute atomic E-state index is 0.0357. The van der Waals surface area contributed by atoms with Gasteiger partial charge in [0.1, 0.15) is 0 Å². The lowest BCUT2D eigenvalue weighted by Crippen LogP contribution is -2.50. The zero-order valence-corrected chi connectivity index (χ0v) is 12.8. The molecule has 2 aliphatic heterocycles. The lowest BCUT2D eigenvalue weighted by atomic mass is 10.0. The van der Waals surface area contributed by atoms with Crippen LogP contribution in [0, 0.1) is 0 Å². The number of nitrogens with one attached hydrogen (secondary N) is 1. The standard InChI is InChI=1S/C11H22N2O4S2/c1-18(14,15)13-6-4-10(5-7-13)12-11-3-2-8-19(16,17)9-11/h10-12H,2-9H2,1H3. The van der Waals surface area contributed by atoms with E-state index >= 15 is 0 Å². The van der Waals surface area contributed by atoms with Crippen molar-refractivity contribution in [2.45, 2.75) is 37.8 Å². The zero-order chi connectivity index (χ0) is 14.1. The maximum Gasteiger partial charge on any atom is 0.211 e. The number of piperidine rings is 1. The van der Waals surface area contributed by atoms with Crippen molar-refractivity contribution >= 4 is 19.9 Å². The molecule has 0 saturated carbocycles. The van der Waals surface area contributed by atoms with Crippen LogP contribution in [-0.4, -0.2) is 64.1 Å². The van der Waals surface area contributed by atoms with Gasteiger partial charge in [-0.2, -0.15) is 0 Å². The molecule has 0 bridgehead atoms. The Balaban J connectivity index is 1.83. The van der Waals surface area contributed by atoms with Crippen LogP contribution in [0.25, 0.3) is 0 Å². The van der Waals surface area contributed by atoms with E-state index in [1.807, 2.05) is 0 Å². The quantitative estimate of drug-likeness (QED) is 0.765. The largest absolute Gasteiger partial charge is 0.310 e. The van der Waals surface area contributed by atoms with Gasteiger partial charge in [-0.25, -0.2) is 21.1 Å². The van der Waals surface area contributed by atoms with Gasteiger partial charge in [0.25, 0.3) is 0 Å². The van der Waals surface area contributed by atoms with Crippen LogP contribution in [0.1, 0.15) is 25.7 Å². The molecule has 0 aromatic carbocycles. The van der Waals surface area contributed by atoms with Gasteiger partial charge in [0, 0.05) is 25.2 Å². The molecule has 8 heteroatoms. The third-order valence-corrected chi connectivity index (χ3v) is 6.98. The van der Waals surface area contributed by atoms with Gasteiger partial charge in [0.15, 0.2) is 9.84 Å². The van der Waals surface area contributed by atoms with Crippen LogP contribution < -0.4 is 5.32 Å². The second-order valence-electron chi connectivity index (χ2n) is 5.56. The summed E-state index contributed by atoms with van der Waals surface area (Å²) in [5.74, 6) is 0.525. The summed E-state index contributed by atoms with van der Waals surface area (Å²) < 4.78 is 47.4. The summed E-state index contributed by atoms with van der Waals surface area (Å²) in [4.78, 5) is 0. The molecule has 19 heavy (non-hydrogen) atoms. The van der Waals surface area contributed by atoms with Gasteiger partial charge in [0.2, 0.25) is 10.0 Å². The first-order chi connectivity index (χ1) is 8.76. The average molecular weight is 310 g/mol. The first kappa shape index (κ1) is 15.2. The van der Waals surface area contributed by atoms with Crippen molar-refractivity contribution in [1.29, 1.82) is 0 Å². The Kier molecular flexibility index (Phi) is 4.54. The van der Waals surface area contributed by atoms with Gasteiger partial charge >= 0.3 is 0 Å². The van der Waals surface area contributed by atoms with Gasteiger partial charge in [0.05, 0.1) is 17.8 Å². The van der Waals surface area contributed by atoms with E-state index in [-0.39, 0.29) is 17.8 Å². The maximum atomic E-state index is 11.6. The summed E-state index contributed by atoms with van der Waals surface area (Å²) in [6.45, 7) is 1.05. The molecule has 1 atom stereocenters. The molecule has 0 aromatic heterocycles. The Labute approximate surface area is 115 Å². The predicted molar refractivity (Wildman–Crippen MR) is 74.3 cm³/mol. The molecular weight excluding hydrogens is 288 g/mol. The molecule has 2 rings (SSSR count). The van der Waals surface area contributed by atoms with Crippen LogP contribution in [-0.2, 0) is 19.9 Å². The zero-order valence-electron chi connectivity index (χ0n) is 11.2. The third kappa shape index (κ3) is 4.40. The van der Waals surface area contributed by atoms with E-state index in [0.717, 1.165) is 25.7 Å². The van der Waals surface area contributed by atoms with Crippen LogP contribution in [0.4, 0.5) is 0 Å². The molecule has 1 N–H and O–H groups in total. The third-order valence-electron chi connectivity index (χ3n) is 3.86. The monoisotopic (exact) mass is 310 g/mol. The lowest BCUT2D eigenvalue weighted by Gasteiger charge is -2.34. The van der Waals surface area contributed by atoms with E-state index in [4.69, 9.17) is 0 Å². The Morgan fingerprint density at radius 2 is 1.74 bits per heavy atom. The molecule has 1 unspecified atom stereocenters. The van der Waals surface area contributed by atoms with Gasteiger partial charge in [-0.3, -0.25) is 0 Å². The van der Waals surface area contributed by atoms with E-state index in [1.54, 1.807) is 0 Å². The molecule has 0 aromatic rings. The second kappa shape index (κ2) is 5.67. The lowest BCUT2D eigenvalue weighted by molar-refractivity contribution is 0.273. The van der Waals surface area contributed by atoms with E-state index < -0.39 is 19.9 Å². The molecule has 0 aliphatic carbocycles. The highest BCUT2D eigenvalue weighted by molar-refractivity contribution is 7.91. The van der Waals surface area contributed by atoms with E-state index in [9.17, 15) is 16.8 Å². The molecule has 0 amide bonds. The van der Waals surface area contributed by atoms with Gasteiger partial charge < -0.3 is 5.32 Å².